The normalized spacial score (nSPS) is 11.7. The van der Waals surface area contributed by atoms with Crippen LogP contribution in [0.3, 0.4) is 0 Å². The Hall–Kier alpha value is -1.96. The Morgan fingerprint density at radius 2 is 2.26 bits per heavy atom. The van der Waals surface area contributed by atoms with E-state index in [1.807, 2.05) is 6.92 Å². The number of aryl methyl sites for hydroxylation is 1. The van der Waals surface area contributed by atoms with Crippen LogP contribution in [-0.2, 0) is 9.53 Å². The molecule has 0 aliphatic carbocycles. The fourth-order valence-corrected chi connectivity index (χ4v) is 2.00. The summed E-state index contributed by atoms with van der Waals surface area (Å²) < 4.78 is 20.6. The zero-order chi connectivity index (χ0) is 16.1. The molecule has 126 valence electrons. The van der Waals surface area contributed by atoms with E-state index in [-0.39, 0.29) is 37.4 Å². The SMILES string of the molecule is COC(CN)CC(=O)Nc1ccc(-n2cc(C)cn2)c(F)c1.Cl. The Balaban J connectivity index is 0.00000264. The fraction of sp³-hybridized carbons (Fsp3) is 0.333. The lowest BCUT2D eigenvalue weighted by molar-refractivity contribution is -0.118. The van der Waals surface area contributed by atoms with Crippen LogP contribution in [-0.4, -0.2) is 35.4 Å². The first-order valence-corrected chi connectivity index (χ1v) is 6.87. The number of carbonyl (C=O) groups excluding carboxylic acids is 1. The van der Waals surface area contributed by atoms with Gasteiger partial charge in [0, 0.05) is 25.5 Å². The zero-order valence-corrected chi connectivity index (χ0v) is 13.8. The Morgan fingerprint density at radius 3 is 2.78 bits per heavy atom. The first kappa shape index (κ1) is 19.1. The number of hydrogen-bond acceptors (Lipinski definition) is 4. The summed E-state index contributed by atoms with van der Waals surface area (Å²) in [6.45, 7) is 2.12. The number of nitrogens with zero attached hydrogens (tertiary/aromatic N) is 2. The third-order valence-electron chi connectivity index (χ3n) is 3.20. The van der Waals surface area contributed by atoms with Crippen LogP contribution in [0.25, 0.3) is 5.69 Å². The molecule has 1 unspecified atom stereocenters. The second-order valence-corrected chi connectivity index (χ2v) is 4.97. The van der Waals surface area contributed by atoms with Gasteiger partial charge in [-0.1, -0.05) is 0 Å². The summed E-state index contributed by atoms with van der Waals surface area (Å²) in [5.41, 5.74) is 7.09. The van der Waals surface area contributed by atoms with Crippen LogP contribution < -0.4 is 11.1 Å². The molecule has 0 saturated carbocycles. The van der Waals surface area contributed by atoms with E-state index in [0.29, 0.717) is 11.4 Å². The van der Waals surface area contributed by atoms with Gasteiger partial charge >= 0.3 is 0 Å². The Bertz CT molecular complexity index is 659. The minimum atomic E-state index is -0.469. The molecule has 1 aromatic heterocycles. The molecule has 3 N–H and O–H groups in total. The highest BCUT2D eigenvalue weighted by atomic mass is 35.5. The molecule has 6 nitrogen and oxygen atoms in total. The van der Waals surface area contributed by atoms with Crippen molar-refractivity contribution in [3.05, 3.63) is 42.0 Å². The monoisotopic (exact) mass is 342 g/mol. The van der Waals surface area contributed by atoms with E-state index in [9.17, 15) is 9.18 Å². The minimum Gasteiger partial charge on any atom is -0.380 e. The van der Waals surface area contributed by atoms with Gasteiger partial charge in [0.1, 0.15) is 5.69 Å². The lowest BCUT2D eigenvalue weighted by Crippen LogP contribution is -2.28. The van der Waals surface area contributed by atoms with Gasteiger partial charge in [0.2, 0.25) is 5.91 Å². The van der Waals surface area contributed by atoms with Crippen molar-refractivity contribution in [1.29, 1.82) is 0 Å². The van der Waals surface area contributed by atoms with Crippen molar-refractivity contribution in [3.63, 3.8) is 0 Å². The maximum Gasteiger partial charge on any atom is 0.227 e. The molecule has 8 heteroatoms. The Morgan fingerprint density at radius 1 is 1.52 bits per heavy atom. The third kappa shape index (κ3) is 5.02. The molecular weight excluding hydrogens is 323 g/mol. The van der Waals surface area contributed by atoms with Crippen molar-refractivity contribution in [1.82, 2.24) is 9.78 Å². The summed E-state index contributed by atoms with van der Waals surface area (Å²) in [7, 11) is 1.49. The molecule has 0 bridgehead atoms. The van der Waals surface area contributed by atoms with E-state index in [0.717, 1.165) is 5.56 Å². The Labute approximate surface area is 140 Å². The molecule has 0 saturated heterocycles. The summed E-state index contributed by atoms with van der Waals surface area (Å²) in [4.78, 5) is 11.8. The van der Waals surface area contributed by atoms with Crippen molar-refractivity contribution in [3.8, 4) is 5.69 Å². The van der Waals surface area contributed by atoms with Crippen LogP contribution in [0.5, 0.6) is 0 Å². The molecule has 23 heavy (non-hydrogen) atoms. The standard InChI is InChI=1S/C15H19FN4O2.ClH/c1-10-8-18-20(9-10)14-4-3-11(5-13(14)16)19-15(21)6-12(7-17)22-2;/h3-5,8-9,12H,6-7,17H2,1-2H3,(H,19,21);1H. The first-order valence-electron chi connectivity index (χ1n) is 6.87. The lowest BCUT2D eigenvalue weighted by atomic mass is 10.2. The highest BCUT2D eigenvalue weighted by molar-refractivity contribution is 5.91. The van der Waals surface area contributed by atoms with Crippen LogP contribution in [0, 0.1) is 12.7 Å². The number of rotatable bonds is 6. The largest absolute Gasteiger partial charge is 0.380 e. The number of nitrogens with two attached hydrogens (primary N) is 1. The molecule has 1 amide bonds. The summed E-state index contributed by atoms with van der Waals surface area (Å²) in [5, 5.41) is 6.68. The summed E-state index contributed by atoms with van der Waals surface area (Å²) in [5.74, 6) is -0.748. The molecule has 0 spiro atoms. The molecular formula is C15H20ClFN4O2. The van der Waals surface area contributed by atoms with Gasteiger partial charge in [-0.2, -0.15) is 5.10 Å². The number of benzene rings is 1. The number of halogens is 2. The summed E-state index contributed by atoms with van der Waals surface area (Å²) >= 11 is 0. The van der Waals surface area contributed by atoms with Gasteiger partial charge in [-0.3, -0.25) is 4.79 Å². The molecule has 0 radical (unpaired) electrons. The number of nitrogens with one attached hydrogen (secondary N) is 1. The quantitative estimate of drug-likeness (QED) is 0.841. The van der Waals surface area contributed by atoms with Crippen LogP contribution in [0.4, 0.5) is 10.1 Å². The highest BCUT2D eigenvalue weighted by Crippen LogP contribution is 2.18. The maximum atomic E-state index is 14.1. The average Bonchev–Trinajstić information content (AvgIpc) is 2.91. The van der Waals surface area contributed by atoms with Gasteiger partial charge in [-0.15, -0.1) is 12.4 Å². The molecule has 2 aromatic rings. The molecule has 0 aliphatic rings. The average molecular weight is 343 g/mol. The van der Waals surface area contributed by atoms with Gasteiger partial charge in [0.05, 0.1) is 18.7 Å². The van der Waals surface area contributed by atoms with Crippen LogP contribution >= 0.6 is 12.4 Å². The van der Waals surface area contributed by atoms with Gasteiger partial charge < -0.3 is 15.8 Å². The van der Waals surface area contributed by atoms with Gasteiger partial charge in [-0.25, -0.2) is 9.07 Å². The van der Waals surface area contributed by atoms with Crippen molar-refractivity contribution in [2.75, 3.05) is 19.0 Å². The third-order valence-corrected chi connectivity index (χ3v) is 3.20. The van der Waals surface area contributed by atoms with Crippen LogP contribution in [0.1, 0.15) is 12.0 Å². The second kappa shape index (κ2) is 8.61. The fourth-order valence-electron chi connectivity index (χ4n) is 2.00. The molecule has 1 aromatic carbocycles. The predicted molar refractivity (Wildman–Crippen MR) is 88.6 cm³/mol. The number of hydrogen-bond donors (Lipinski definition) is 2. The summed E-state index contributed by atoms with van der Waals surface area (Å²) in [6, 6.07) is 4.44. The van der Waals surface area contributed by atoms with Crippen LogP contribution in [0.2, 0.25) is 0 Å². The van der Waals surface area contributed by atoms with Crippen LogP contribution in [0.15, 0.2) is 30.6 Å². The molecule has 0 aliphatic heterocycles. The number of amides is 1. The van der Waals surface area contributed by atoms with E-state index >= 15 is 0 Å². The molecule has 0 fully saturated rings. The topological polar surface area (TPSA) is 82.2 Å². The smallest absolute Gasteiger partial charge is 0.227 e. The van der Waals surface area contributed by atoms with Gasteiger partial charge in [-0.05, 0) is 30.7 Å². The van der Waals surface area contributed by atoms with E-state index in [1.165, 1.54) is 17.9 Å². The van der Waals surface area contributed by atoms with E-state index in [2.05, 4.69) is 10.4 Å². The van der Waals surface area contributed by atoms with Crippen molar-refractivity contribution in [2.45, 2.75) is 19.4 Å². The predicted octanol–water partition coefficient (Wildman–Crippen LogP) is 2.04. The van der Waals surface area contributed by atoms with E-state index in [4.69, 9.17) is 10.5 Å². The van der Waals surface area contributed by atoms with Crippen molar-refractivity contribution in [2.24, 2.45) is 5.73 Å². The summed E-state index contributed by atoms with van der Waals surface area (Å²) in [6.07, 6.45) is 3.14. The number of ether oxygens (including phenoxy) is 1. The van der Waals surface area contributed by atoms with Crippen molar-refractivity contribution < 1.29 is 13.9 Å². The minimum absolute atomic E-state index is 0. The first-order chi connectivity index (χ1) is 10.5. The van der Waals surface area contributed by atoms with E-state index in [1.54, 1.807) is 24.5 Å². The molecule has 2 rings (SSSR count). The zero-order valence-electron chi connectivity index (χ0n) is 13.0. The number of anilines is 1. The maximum absolute atomic E-state index is 14.1. The lowest BCUT2D eigenvalue weighted by Gasteiger charge is -2.13. The van der Waals surface area contributed by atoms with Crippen molar-refractivity contribution >= 4 is 24.0 Å². The number of methoxy groups -OCH3 is 1. The Kier molecular flexibility index (Phi) is 7.15. The van der Waals surface area contributed by atoms with E-state index < -0.39 is 5.82 Å². The molecule has 1 heterocycles. The number of carbonyl (C=O) groups is 1. The van der Waals surface area contributed by atoms with Gasteiger partial charge in [0.25, 0.3) is 0 Å². The number of aromatic nitrogens is 2. The highest BCUT2D eigenvalue weighted by Gasteiger charge is 2.13. The second-order valence-electron chi connectivity index (χ2n) is 4.97. The molecule has 1 atom stereocenters. The van der Waals surface area contributed by atoms with Gasteiger partial charge in [0.15, 0.2) is 5.82 Å².